The van der Waals surface area contributed by atoms with Gasteiger partial charge in [-0.2, -0.15) is 0 Å². The second-order valence-electron chi connectivity index (χ2n) is 4.20. The van der Waals surface area contributed by atoms with Crippen LogP contribution >= 0.6 is 0 Å². The molecular weight excluding hydrogens is 236 g/mol. The Bertz CT molecular complexity index is 695. The number of anilines is 2. The number of rotatable bonds is 3. The second-order valence-corrected chi connectivity index (χ2v) is 4.20. The number of benzene rings is 2. The van der Waals surface area contributed by atoms with Crippen molar-refractivity contribution in [3.63, 3.8) is 0 Å². The normalized spacial score (nSPS) is 10.6. The van der Waals surface area contributed by atoms with Gasteiger partial charge >= 0.3 is 0 Å². The molecule has 0 aliphatic heterocycles. The Labute approximate surface area is 111 Å². The van der Waals surface area contributed by atoms with E-state index in [0.717, 1.165) is 22.4 Å². The fraction of sp³-hybridized carbons (Fsp3) is 0.0667. The van der Waals surface area contributed by atoms with Gasteiger partial charge in [0, 0.05) is 11.1 Å². The molecule has 0 aliphatic rings. The highest BCUT2D eigenvalue weighted by Gasteiger charge is 2.06. The van der Waals surface area contributed by atoms with Gasteiger partial charge in [-0.3, -0.25) is 0 Å². The summed E-state index contributed by atoms with van der Waals surface area (Å²) in [6.07, 6.45) is 0. The van der Waals surface area contributed by atoms with Crippen molar-refractivity contribution in [2.75, 3.05) is 5.32 Å². The van der Waals surface area contributed by atoms with Crippen LogP contribution in [0.2, 0.25) is 0 Å². The average Bonchev–Trinajstić information content (AvgIpc) is 2.48. The number of nitrogens with zero attached hydrogens (tertiary/aromatic N) is 2. The summed E-state index contributed by atoms with van der Waals surface area (Å²) < 4.78 is 0. The van der Waals surface area contributed by atoms with E-state index in [0.29, 0.717) is 12.4 Å². The molecule has 3 N–H and O–H groups in total. The van der Waals surface area contributed by atoms with Crippen LogP contribution in [-0.4, -0.2) is 9.97 Å². The van der Waals surface area contributed by atoms with Crippen molar-refractivity contribution in [3.8, 4) is 0 Å². The molecule has 0 fully saturated rings. The summed E-state index contributed by atoms with van der Waals surface area (Å²) in [6, 6.07) is 17.8. The first-order chi connectivity index (χ1) is 9.36. The van der Waals surface area contributed by atoms with E-state index in [1.807, 2.05) is 54.6 Å². The van der Waals surface area contributed by atoms with Gasteiger partial charge in [0.15, 0.2) is 0 Å². The quantitative estimate of drug-likeness (QED) is 0.750. The molecule has 1 aromatic heterocycles. The minimum absolute atomic E-state index is 0.328. The number of hydrogen-bond acceptors (Lipinski definition) is 4. The summed E-state index contributed by atoms with van der Waals surface area (Å²) in [5, 5.41) is 4.30. The summed E-state index contributed by atoms with van der Waals surface area (Å²) in [5.41, 5.74) is 7.54. The highest BCUT2D eigenvalue weighted by Crippen LogP contribution is 2.23. The molecule has 0 atom stereocenters. The van der Waals surface area contributed by atoms with E-state index in [9.17, 15) is 0 Å². The lowest BCUT2D eigenvalue weighted by molar-refractivity contribution is 0.929. The molecule has 0 radical (unpaired) electrons. The second kappa shape index (κ2) is 5.04. The third-order valence-corrected chi connectivity index (χ3v) is 2.87. The van der Waals surface area contributed by atoms with Crippen molar-refractivity contribution in [2.45, 2.75) is 6.54 Å². The molecule has 94 valence electrons. The van der Waals surface area contributed by atoms with Crippen LogP contribution in [0.1, 0.15) is 5.82 Å². The molecule has 2 aromatic carbocycles. The van der Waals surface area contributed by atoms with Crippen LogP contribution < -0.4 is 11.1 Å². The van der Waals surface area contributed by atoms with Crippen LogP contribution in [0.5, 0.6) is 0 Å². The Morgan fingerprint density at radius 1 is 0.895 bits per heavy atom. The Hall–Kier alpha value is -2.46. The molecule has 4 nitrogen and oxygen atoms in total. The van der Waals surface area contributed by atoms with Gasteiger partial charge in [0.1, 0.15) is 11.6 Å². The topological polar surface area (TPSA) is 63.8 Å². The average molecular weight is 250 g/mol. The molecule has 0 aliphatic carbocycles. The van der Waals surface area contributed by atoms with Gasteiger partial charge in [-0.25, -0.2) is 9.97 Å². The number of nitrogens with one attached hydrogen (secondary N) is 1. The molecule has 4 heteroatoms. The summed E-state index contributed by atoms with van der Waals surface area (Å²) in [5.74, 6) is 1.43. The first-order valence-corrected chi connectivity index (χ1v) is 6.14. The third kappa shape index (κ3) is 2.39. The zero-order valence-corrected chi connectivity index (χ0v) is 10.4. The van der Waals surface area contributed by atoms with Crippen LogP contribution in [0.3, 0.4) is 0 Å². The van der Waals surface area contributed by atoms with E-state index in [2.05, 4.69) is 15.3 Å². The van der Waals surface area contributed by atoms with Crippen molar-refractivity contribution in [2.24, 2.45) is 5.73 Å². The fourth-order valence-electron chi connectivity index (χ4n) is 1.97. The molecule has 0 unspecified atom stereocenters. The van der Waals surface area contributed by atoms with Gasteiger partial charge in [0.2, 0.25) is 0 Å². The van der Waals surface area contributed by atoms with Crippen LogP contribution in [-0.2, 0) is 6.54 Å². The minimum Gasteiger partial charge on any atom is -0.340 e. The Morgan fingerprint density at radius 3 is 2.42 bits per heavy atom. The first kappa shape index (κ1) is 11.6. The number of fused-ring (bicyclic) bond motifs is 1. The Morgan fingerprint density at radius 2 is 1.63 bits per heavy atom. The van der Waals surface area contributed by atoms with Crippen LogP contribution in [0, 0.1) is 0 Å². The lowest BCUT2D eigenvalue weighted by atomic mass is 10.2. The van der Waals surface area contributed by atoms with Crippen molar-refractivity contribution >= 4 is 22.4 Å². The standard InChI is InChI=1S/C15H14N4/c16-10-14-18-13-9-5-4-8-12(13)15(19-14)17-11-6-2-1-3-7-11/h1-9H,10,16H2,(H,17,18,19). The lowest BCUT2D eigenvalue weighted by Gasteiger charge is -2.10. The number of nitrogens with two attached hydrogens (primary N) is 1. The van der Waals surface area contributed by atoms with E-state index in [1.165, 1.54) is 0 Å². The van der Waals surface area contributed by atoms with Gasteiger partial charge in [0.25, 0.3) is 0 Å². The number of hydrogen-bond donors (Lipinski definition) is 2. The molecule has 1 heterocycles. The van der Waals surface area contributed by atoms with Gasteiger partial charge in [-0.1, -0.05) is 30.3 Å². The SMILES string of the molecule is NCc1nc(Nc2ccccc2)c2ccccc2n1. The molecule has 0 saturated heterocycles. The summed E-state index contributed by atoms with van der Waals surface area (Å²) in [6.45, 7) is 0.328. The fourth-order valence-corrected chi connectivity index (χ4v) is 1.97. The van der Waals surface area contributed by atoms with Crippen LogP contribution in [0.4, 0.5) is 11.5 Å². The van der Waals surface area contributed by atoms with E-state index in [4.69, 9.17) is 5.73 Å². The van der Waals surface area contributed by atoms with Crippen LogP contribution in [0.15, 0.2) is 54.6 Å². The maximum atomic E-state index is 5.65. The molecule has 0 bridgehead atoms. The largest absolute Gasteiger partial charge is 0.340 e. The van der Waals surface area contributed by atoms with E-state index >= 15 is 0 Å². The van der Waals surface area contributed by atoms with Gasteiger partial charge < -0.3 is 11.1 Å². The first-order valence-electron chi connectivity index (χ1n) is 6.14. The highest BCUT2D eigenvalue weighted by molar-refractivity contribution is 5.90. The minimum atomic E-state index is 0.328. The summed E-state index contributed by atoms with van der Waals surface area (Å²) in [7, 11) is 0. The Balaban J connectivity index is 2.11. The summed E-state index contributed by atoms with van der Waals surface area (Å²) in [4.78, 5) is 8.89. The van der Waals surface area contributed by atoms with Crippen molar-refractivity contribution in [3.05, 3.63) is 60.4 Å². The predicted molar refractivity (Wildman–Crippen MR) is 77.2 cm³/mol. The monoisotopic (exact) mass is 250 g/mol. The molecule has 3 aromatic rings. The highest BCUT2D eigenvalue weighted by atomic mass is 15.0. The molecular formula is C15H14N4. The molecule has 19 heavy (non-hydrogen) atoms. The van der Waals surface area contributed by atoms with Gasteiger partial charge in [0.05, 0.1) is 12.1 Å². The Kier molecular flexibility index (Phi) is 3.08. The zero-order chi connectivity index (χ0) is 13.1. The van der Waals surface area contributed by atoms with Crippen molar-refractivity contribution in [1.29, 1.82) is 0 Å². The molecule has 0 saturated carbocycles. The van der Waals surface area contributed by atoms with Crippen LogP contribution in [0.25, 0.3) is 10.9 Å². The third-order valence-electron chi connectivity index (χ3n) is 2.87. The predicted octanol–water partition coefficient (Wildman–Crippen LogP) is 2.83. The smallest absolute Gasteiger partial charge is 0.144 e. The molecule has 3 rings (SSSR count). The van der Waals surface area contributed by atoms with E-state index < -0.39 is 0 Å². The van der Waals surface area contributed by atoms with E-state index in [-0.39, 0.29) is 0 Å². The lowest BCUT2D eigenvalue weighted by Crippen LogP contribution is -2.06. The van der Waals surface area contributed by atoms with Crippen molar-refractivity contribution < 1.29 is 0 Å². The summed E-state index contributed by atoms with van der Waals surface area (Å²) >= 11 is 0. The van der Waals surface area contributed by atoms with Gasteiger partial charge in [-0.15, -0.1) is 0 Å². The molecule has 0 amide bonds. The van der Waals surface area contributed by atoms with Crippen molar-refractivity contribution in [1.82, 2.24) is 9.97 Å². The zero-order valence-electron chi connectivity index (χ0n) is 10.4. The molecule has 0 spiro atoms. The van der Waals surface area contributed by atoms with Gasteiger partial charge in [-0.05, 0) is 24.3 Å². The number of aromatic nitrogens is 2. The maximum absolute atomic E-state index is 5.65. The maximum Gasteiger partial charge on any atom is 0.144 e. The van der Waals surface area contributed by atoms with E-state index in [1.54, 1.807) is 0 Å². The number of para-hydroxylation sites is 2.